The summed E-state index contributed by atoms with van der Waals surface area (Å²) in [7, 11) is 1.38. The van der Waals surface area contributed by atoms with E-state index in [1.807, 2.05) is 0 Å². The molecule has 0 saturated heterocycles. The summed E-state index contributed by atoms with van der Waals surface area (Å²) in [4.78, 5) is 10.1. The van der Waals surface area contributed by atoms with Crippen LogP contribution < -0.4 is 4.74 Å². The molecule has 0 aliphatic heterocycles. The summed E-state index contributed by atoms with van der Waals surface area (Å²) >= 11 is 0. The van der Waals surface area contributed by atoms with Gasteiger partial charge in [0.15, 0.2) is 6.10 Å². The zero-order valence-corrected chi connectivity index (χ0v) is 10.0. The molecule has 0 amide bonds. The number of aliphatic hydroxyl groups excluding tert-OH is 1. The molecular formula is C11H14N2O5. The third-order valence-corrected chi connectivity index (χ3v) is 2.27. The van der Waals surface area contributed by atoms with Crippen LogP contribution in [0.15, 0.2) is 18.2 Å². The molecule has 18 heavy (non-hydrogen) atoms. The molecule has 1 aromatic carbocycles. The molecule has 1 atom stereocenters. The van der Waals surface area contributed by atoms with Gasteiger partial charge in [-0.05, 0) is 13.0 Å². The fourth-order valence-electron chi connectivity index (χ4n) is 1.42. The Morgan fingerprint density at radius 2 is 2.28 bits per heavy atom. The minimum absolute atomic E-state index is 0.130. The lowest BCUT2D eigenvalue weighted by Crippen LogP contribution is -2.15. The van der Waals surface area contributed by atoms with E-state index in [4.69, 9.17) is 14.9 Å². The number of nitro groups is 1. The van der Waals surface area contributed by atoms with Crippen LogP contribution in [0.3, 0.4) is 0 Å². The summed E-state index contributed by atoms with van der Waals surface area (Å²) < 4.78 is 9.86. The van der Waals surface area contributed by atoms with Gasteiger partial charge in [-0.1, -0.05) is 0 Å². The molecule has 1 unspecified atom stereocenters. The van der Waals surface area contributed by atoms with Gasteiger partial charge in [0.05, 0.1) is 18.6 Å². The minimum Gasteiger partial charge on any atom is -0.496 e. The van der Waals surface area contributed by atoms with Gasteiger partial charge in [0, 0.05) is 17.7 Å². The molecule has 0 heterocycles. The van der Waals surface area contributed by atoms with Crippen molar-refractivity contribution >= 4 is 11.6 Å². The number of non-ortho nitro benzene ring substituents is 1. The van der Waals surface area contributed by atoms with E-state index in [-0.39, 0.29) is 29.5 Å². The number of nitro benzene ring substituents is 1. The van der Waals surface area contributed by atoms with Gasteiger partial charge in [-0.25, -0.2) is 0 Å². The van der Waals surface area contributed by atoms with Crippen LogP contribution in [0.1, 0.15) is 18.6 Å². The first-order valence-corrected chi connectivity index (χ1v) is 5.22. The molecule has 0 radical (unpaired) electrons. The van der Waals surface area contributed by atoms with Crippen LogP contribution in [0.2, 0.25) is 0 Å². The highest BCUT2D eigenvalue weighted by Gasteiger charge is 2.22. The van der Waals surface area contributed by atoms with Gasteiger partial charge in [-0.3, -0.25) is 15.5 Å². The number of aliphatic hydroxyl groups is 1. The Labute approximate surface area is 104 Å². The number of hydrogen-bond acceptors (Lipinski definition) is 6. The highest BCUT2D eigenvalue weighted by Crippen LogP contribution is 2.30. The van der Waals surface area contributed by atoms with E-state index in [1.54, 1.807) is 6.92 Å². The first-order valence-electron chi connectivity index (χ1n) is 5.22. The first-order chi connectivity index (χ1) is 8.51. The van der Waals surface area contributed by atoms with Crippen LogP contribution in [0.25, 0.3) is 0 Å². The highest BCUT2D eigenvalue weighted by atomic mass is 16.6. The maximum atomic E-state index is 10.7. The molecule has 0 spiro atoms. The SMILES string of the molecule is CCOC(=N)C(O)c1cc([N+](=O)[O-])ccc1OC. The number of nitrogens with one attached hydrogen (secondary N) is 1. The second kappa shape index (κ2) is 5.97. The predicted octanol–water partition coefficient (Wildman–Crippen LogP) is 1.65. The van der Waals surface area contributed by atoms with Crippen molar-refractivity contribution in [2.75, 3.05) is 13.7 Å². The van der Waals surface area contributed by atoms with Gasteiger partial charge < -0.3 is 14.6 Å². The third kappa shape index (κ3) is 2.95. The summed E-state index contributed by atoms with van der Waals surface area (Å²) in [5.74, 6) is -0.117. The molecule has 0 saturated carbocycles. The fourth-order valence-corrected chi connectivity index (χ4v) is 1.42. The molecule has 0 aromatic heterocycles. The van der Waals surface area contributed by atoms with Gasteiger partial charge in [-0.15, -0.1) is 0 Å². The Morgan fingerprint density at radius 3 is 2.78 bits per heavy atom. The molecule has 0 bridgehead atoms. The molecule has 7 heteroatoms. The average molecular weight is 254 g/mol. The molecule has 7 nitrogen and oxygen atoms in total. The lowest BCUT2D eigenvalue weighted by atomic mass is 10.1. The molecule has 98 valence electrons. The van der Waals surface area contributed by atoms with Gasteiger partial charge in [0.25, 0.3) is 5.69 Å². The van der Waals surface area contributed by atoms with E-state index >= 15 is 0 Å². The molecule has 1 rings (SSSR count). The summed E-state index contributed by atoms with van der Waals surface area (Å²) in [6.07, 6.45) is -1.39. The van der Waals surface area contributed by atoms with Crippen LogP contribution in [0.5, 0.6) is 5.75 Å². The molecule has 0 aliphatic rings. The van der Waals surface area contributed by atoms with Crippen LogP contribution in [-0.2, 0) is 4.74 Å². The van der Waals surface area contributed by atoms with Crippen LogP contribution >= 0.6 is 0 Å². The third-order valence-electron chi connectivity index (χ3n) is 2.27. The average Bonchev–Trinajstić information content (AvgIpc) is 2.37. The van der Waals surface area contributed by atoms with Crippen molar-refractivity contribution in [3.05, 3.63) is 33.9 Å². The molecule has 0 aliphatic carbocycles. The fraction of sp³-hybridized carbons (Fsp3) is 0.364. The molecular weight excluding hydrogens is 240 g/mol. The Balaban J connectivity index is 3.15. The van der Waals surface area contributed by atoms with Gasteiger partial charge in [0.1, 0.15) is 5.75 Å². The summed E-state index contributed by atoms with van der Waals surface area (Å²) in [5, 5.41) is 28.0. The van der Waals surface area contributed by atoms with Crippen molar-refractivity contribution in [1.29, 1.82) is 5.41 Å². The Hall–Kier alpha value is -2.15. The van der Waals surface area contributed by atoms with E-state index in [2.05, 4.69) is 0 Å². The summed E-state index contributed by atoms with van der Waals surface area (Å²) in [6.45, 7) is 1.90. The lowest BCUT2D eigenvalue weighted by molar-refractivity contribution is -0.385. The van der Waals surface area contributed by atoms with E-state index in [0.717, 1.165) is 6.07 Å². The van der Waals surface area contributed by atoms with E-state index in [9.17, 15) is 15.2 Å². The van der Waals surface area contributed by atoms with Crippen molar-refractivity contribution in [3.8, 4) is 5.75 Å². The van der Waals surface area contributed by atoms with Gasteiger partial charge >= 0.3 is 0 Å². The maximum Gasteiger partial charge on any atom is 0.270 e. The quantitative estimate of drug-likeness (QED) is 0.359. The minimum atomic E-state index is -1.39. The number of rotatable bonds is 5. The summed E-state index contributed by atoms with van der Waals surface area (Å²) in [5.41, 5.74) is -0.0562. The van der Waals surface area contributed by atoms with Gasteiger partial charge in [-0.2, -0.15) is 0 Å². The van der Waals surface area contributed by atoms with Crippen molar-refractivity contribution < 1.29 is 19.5 Å². The number of benzene rings is 1. The van der Waals surface area contributed by atoms with Crippen molar-refractivity contribution in [2.45, 2.75) is 13.0 Å². The zero-order valence-electron chi connectivity index (χ0n) is 10.0. The Morgan fingerprint density at radius 1 is 1.61 bits per heavy atom. The molecule has 2 N–H and O–H groups in total. The van der Waals surface area contributed by atoms with Crippen LogP contribution in [0.4, 0.5) is 5.69 Å². The van der Waals surface area contributed by atoms with E-state index < -0.39 is 11.0 Å². The van der Waals surface area contributed by atoms with E-state index in [1.165, 1.54) is 19.2 Å². The maximum absolute atomic E-state index is 10.7. The monoisotopic (exact) mass is 254 g/mol. The number of methoxy groups -OCH3 is 1. The summed E-state index contributed by atoms with van der Waals surface area (Å²) in [6, 6.07) is 3.80. The lowest BCUT2D eigenvalue weighted by Gasteiger charge is -2.15. The molecule has 1 aromatic rings. The van der Waals surface area contributed by atoms with Crippen molar-refractivity contribution in [1.82, 2.24) is 0 Å². The number of ether oxygens (including phenoxy) is 2. The Kier molecular flexibility index (Phi) is 4.61. The van der Waals surface area contributed by atoms with Gasteiger partial charge in [0.2, 0.25) is 5.90 Å². The zero-order chi connectivity index (χ0) is 13.7. The standard InChI is InChI=1S/C11H14N2O5/c1-3-18-11(12)10(14)8-6-7(13(15)16)4-5-9(8)17-2/h4-6,10,12,14H,3H2,1-2H3. The van der Waals surface area contributed by atoms with Crippen molar-refractivity contribution in [2.24, 2.45) is 0 Å². The topological polar surface area (TPSA) is 106 Å². The second-order valence-electron chi connectivity index (χ2n) is 3.38. The van der Waals surface area contributed by atoms with Crippen molar-refractivity contribution in [3.63, 3.8) is 0 Å². The number of nitrogens with zero attached hydrogens (tertiary/aromatic N) is 1. The van der Waals surface area contributed by atoms with E-state index in [0.29, 0.717) is 0 Å². The normalized spacial score (nSPS) is 11.7. The Bertz CT molecular complexity index is 461. The number of hydrogen-bond donors (Lipinski definition) is 2. The van der Waals surface area contributed by atoms with Crippen LogP contribution in [-0.4, -0.2) is 29.6 Å². The second-order valence-corrected chi connectivity index (χ2v) is 3.38. The first kappa shape index (κ1) is 13.9. The molecule has 0 fully saturated rings. The van der Waals surface area contributed by atoms with Crippen LogP contribution in [0, 0.1) is 15.5 Å². The smallest absolute Gasteiger partial charge is 0.270 e. The predicted molar refractivity (Wildman–Crippen MR) is 64.0 cm³/mol. The largest absolute Gasteiger partial charge is 0.496 e. The highest BCUT2D eigenvalue weighted by molar-refractivity contribution is 5.80.